The van der Waals surface area contributed by atoms with Crippen molar-refractivity contribution in [1.29, 1.82) is 0 Å². The van der Waals surface area contributed by atoms with Crippen molar-refractivity contribution in [3.05, 3.63) is 0 Å². The van der Waals surface area contributed by atoms with Gasteiger partial charge in [0.2, 0.25) is 0 Å². The van der Waals surface area contributed by atoms with Crippen LogP contribution in [0.3, 0.4) is 0 Å². The van der Waals surface area contributed by atoms with Crippen LogP contribution in [-0.4, -0.2) is 61.2 Å². The number of nitrogens with one attached hydrogen (secondary N) is 1. The number of piperazine rings is 1. The quantitative estimate of drug-likeness (QED) is 0.671. The normalized spacial score (nSPS) is 22.0. The lowest BCUT2D eigenvalue weighted by atomic mass is 10.1. The van der Waals surface area contributed by atoms with Crippen LogP contribution in [0.1, 0.15) is 47.0 Å². The summed E-state index contributed by atoms with van der Waals surface area (Å²) in [5.41, 5.74) is 0. The van der Waals surface area contributed by atoms with Crippen LogP contribution in [0.15, 0.2) is 0 Å². The summed E-state index contributed by atoms with van der Waals surface area (Å²) in [6, 6.07) is 1.49. The van der Waals surface area contributed by atoms with Crippen LogP contribution in [0.2, 0.25) is 0 Å². The maximum Gasteiger partial charge on any atom is 0.0219 e. The van der Waals surface area contributed by atoms with Crippen molar-refractivity contribution >= 4 is 0 Å². The fourth-order valence-electron chi connectivity index (χ4n) is 2.78. The molecule has 3 nitrogen and oxygen atoms in total. The highest BCUT2D eigenvalue weighted by Crippen LogP contribution is 2.12. The Morgan fingerprint density at radius 1 is 0.944 bits per heavy atom. The molecule has 1 saturated heterocycles. The smallest absolute Gasteiger partial charge is 0.0219 e. The van der Waals surface area contributed by atoms with E-state index in [1.54, 1.807) is 0 Å². The zero-order valence-corrected chi connectivity index (χ0v) is 12.9. The van der Waals surface area contributed by atoms with Gasteiger partial charge in [-0.1, -0.05) is 20.8 Å². The molecule has 3 heteroatoms. The molecule has 2 atom stereocenters. The second-order valence-corrected chi connectivity index (χ2v) is 5.60. The molecule has 0 saturated carbocycles. The molecule has 0 bridgehead atoms. The van der Waals surface area contributed by atoms with Crippen molar-refractivity contribution in [2.24, 2.45) is 0 Å². The molecular weight excluding hydrogens is 222 g/mol. The highest BCUT2D eigenvalue weighted by Gasteiger charge is 2.24. The Labute approximate surface area is 114 Å². The van der Waals surface area contributed by atoms with Gasteiger partial charge in [0.05, 0.1) is 0 Å². The zero-order chi connectivity index (χ0) is 13.4. The largest absolute Gasteiger partial charge is 0.315 e. The van der Waals surface area contributed by atoms with Crippen molar-refractivity contribution in [2.75, 3.05) is 39.3 Å². The Balaban J connectivity index is 2.30. The average Bonchev–Trinajstić information content (AvgIpc) is 2.43. The van der Waals surface area contributed by atoms with Crippen LogP contribution >= 0.6 is 0 Å². The summed E-state index contributed by atoms with van der Waals surface area (Å²) in [4.78, 5) is 5.32. The van der Waals surface area contributed by atoms with Crippen molar-refractivity contribution in [2.45, 2.75) is 59.0 Å². The summed E-state index contributed by atoms with van der Waals surface area (Å²) in [5.74, 6) is 0. The van der Waals surface area contributed by atoms with E-state index in [1.807, 2.05) is 0 Å². The molecule has 1 rings (SSSR count). The molecule has 0 spiro atoms. The first kappa shape index (κ1) is 15.9. The number of rotatable bonds is 8. The Kier molecular flexibility index (Phi) is 7.87. The van der Waals surface area contributed by atoms with E-state index < -0.39 is 0 Å². The molecule has 0 aromatic rings. The van der Waals surface area contributed by atoms with Gasteiger partial charge in [-0.25, -0.2) is 0 Å². The monoisotopic (exact) mass is 255 g/mol. The maximum absolute atomic E-state index is 3.57. The second kappa shape index (κ2) is 8.89. The van der Waals surface area contributed by atoms with Crippen LogP contribution < -0.4 is 5.32 Å². The van der Waals surface area contributed by atoms with Crippen molar-refractivity contribution in [3.8, 4) is 0 Å². The van der Waals surface area contributed by atoms with Crippen molar-refractivity contribution in [3.63, 3.8) is 0 Å². The van der Waals surface area contributed by atoms with Crippen LogP contribution in [0.5, 0.6) is 0 Å². The molecule has 108 valence electrons. The fraction of sp³-hybridized carbons (Fsp3) is 1.00. The second-order valence-electron chi connectivity index (χ2n) is 5.60. The third-order valence-corrected chi connectivity index (χ3v) is 4.36. The predicted octanol–water partition coefficient (Wildman–Crippen LogP) is 2.18. The molecule has 1 fully saturated rings. The summed E-state index contributed by atoms with van der Waals surface area (Å²) >= 11 is 0. The van der Waals surface area contributed by atoms with Gasteiger partial charge in [-0.05, 0) is 32.7 Å². The molecule has 0 aliphatic carbocycles. The number of hydrogen-bond acceptors (Lipinski definition) is 3. The van der Waals surface area contributed by atoms with E-state index in [-0.39, 0.29) is 0 Å². The summed E-state index contributed by atoms with van der Waals surface area (Å²) in [7, 11) is 0. The van der Waals surface area contributed by atoms with Crippen LogP contribution in [0, 0.1) is 0 Å². The molecule has 0 aromatic carbocycles. The topological polar surface area (TPSA) is 18.5 Å². The van der Waals surface area contributed by atoms with E-state index >= 15 is 0 Å². The molecule has 0 aromatic heterocycles. The lowest BCUT2D eigenvalue weighted by Gasteiger charge is -2.41. The lowest BCUT2D eigenvalue weighted by Crippen LogP contribution is -2.54. The average molecular weight is 255 g/mol. The van der Waals surface area contributed by atoms with E-state index in [0.717, 1.165) is 25.2 Å². The van der Waals surface area contributed by atoms with Gasteiger partial charge in [0, 0.05) is 44.8 Å². The van der Waals surface area contributed by atoms with Crippen LogP contribution in [0.4, 0.5) is 0 Å². The minimum atomic E-state index is 0.732. The van der Waals surface area contributed by atoms with Gasteiger partial charge in [-0.3, -0.25) is 9.80 Å². The van der Waals surface area contributed by atoms with Gasteiger partial charge in [-0.2, -0.15) is 0 Å². The van der Waals surface area contributed by atoms with Gasteiger partial charge in [0.15, 0.2) is 0 Å². The highest BCUT2D eigenvalue weighted by atomic mass is 15.3. The maximum atomic E-state index is 3.57. The van der Waals surface area contributed by atoms with Crippen molar-refractivity contribution < 1.29 is 0 Å². The zero-order valence-electron chi connectivity index (χ0n) is 12.9. The van der Waals surface area contributed by atoms with E-state index in [2.05, 4.69) is 42.8 Å². The third-order valence-electron chi connectivity index (χ3n) is 4.36. The summed E-state index contributed by atoms with van der Waals surface area (Å²) in [5, 5.41) is 3.57. The van der Waals surface area contributed by atoms with Crippen molar-refractivity contribution in [1.82, 2.24) is 15.1 Å². The van der Waals surface area contributed by atoms with E-state index in [9.17, 15) is 0 Å². The standard InChI is InChI=1S/C15H33N3/c1-5-8-16-13-15(7-3)18-11-9-17(10-12-18)14(4)6-2/h14-16H,5-13H2,1-4H3. The summed E-state index contributed by atoms with van der Waals surface area (Å²) in [6.07, 6.45) is 3.77. The molecule has 1 aliphatic heterocycles. The highest BCUT2D eigenvalue weighted by molar-refractivity contribution is 4.81. The minimum absolute atomic E-state index is 0.732. The van der Waals surface area contributed by atoms with Crippen LogP contribution in [-0.2, 0) is 0 Å². The first-order valence-electron chi connectivity index (χ1n) is 7.91. The molecule has 1 heterocycles. The molecular formula is C15H33N3. The lowest BCUT2D eigenvalue weighted by molar-refractivity contribution is 0.0707. The molecule has 2 unspecified atom stereocenters. The first-order valence-corrected chi connectivity index (χ1v) is 7.91. The first-order chi connectivity index (χ1) is 8.72. The molecule has 18 heavy (non-hydrogen) atoms. The predicted molar refractivity (Wildman–Crippen MR) is 80.1 cm³/mol. The van der Waals surface area contributed by atoms with Gasteiger partial charge in [-0.15, -0.1) is 0 Å². The van der Waals surface area contributed by atoms with E-state index in [0.29, 0.717) is 0 Å². The Morgan fingerprint density at radius 3 is 2.06 bits per heavy atom. The number of nitrogens with zero attached hydrogens (tertiary/aromatic N) is 2. The minimum Gasteiger partial charge on any atom is -0.315 e. The molecule has 0 amide bonds. The Morgan fingerprint density at radius 2 is 1.56 bits per heavy atom. The van der Waals surface area contributed by atoms with Gasteiger partial charge in [0.1, 0.15) is 0 Å². The SMILES string of the molecule is CCCNCC(CC)N1CCN(C(C)CC)CC1. The van der Waals surface area contributed by atoms with Gasteiger partial charge in [0.25, 0.3) is 0 Å². The van der Waals surface area contributed by atoms with Gasteiger partial charge >= 0.3 is 0 Å². The fourth-order valence-corrected chi connectivity index (χ4v) is 2.78. The van der Waals surface area contributed by atoms with Crippen LogP contribution in [0.25, 0.3) is 0 Å². The third kappa shape index (κ3) is 4.87. The molecule has 1 aliphatic rings. The summed E-state index contributed by atoms with van der Waals surface area (Å²) < 4.78 is 0. The van der Waals surface area contributed by atoms with E-state index in [1.165, 1.54) is 45.4 Å². The molecule has 0 radical (unpaired) electrons. The Hall–Kier alpha value is -0.120. The molecule has 1 N–H and O–H groups in total. The summed E-state index contributed by atoms with van der Waals surface area (Å²) in [6.45, 7) is 16.5. The van der Waals surface area contributed by atoms with Gasteiger partial charge < -0.3 is 5.32 Å². The Bertz CT molecular complexity index is 200. The van der Waals surface area contributed by atoms with E-state index in [4.69, 9.17) is 0 Å². The number of hydrogen-bond donors (Lipinski definition) is 1.